The molecule has 11 heavy (non-hydrogen) atoms. The van der Waals surface area contributed by atoms with Crippen molar-refractivity contribution in [3.63, 3.8) is 0 Å². The Kier molecular flexibility index (Phi) is 3.37. The SMILES string of the molecule is CS(=O)(=O)CC(F)(F)CCO. The Hall–Kier alpha value is -0.230. The lowest BCUT2D eigenvalue weighted by Crippen LogP contribution is -2.28. The summed E-state index contributed by atoms with van der Waals surface area (Å²) in [5.41, 5.74) is 0. The lowest BCUT2D eigenvalue weighted by molar-refractivity contribution is 0.00143. The van der Waals surface area contributed by atoms with Crippen molar-refractivity contribution in [1.82, 2.24) is 0 Å². The number of rotatable bonds is 4. The van der Waals surface area contributed by atoms with Gasteiger partial charge in [0, 0.05) is 19.3 Å². The molecule has 0 aromatic heterocycles. The molecule has 1 N–H and O–H groups in total. The van der Waals surface area contributed by atoms with Gasteiger partial charge in [-0.25, -0.2) is 17.2 Å². The average Bonchev–Trinajstić information content (AvgIpc) is 1.55. The number of hydrogen-bond donors (Lipinski definition) is 1. The minimum atomic E-state index is -3.67. The summed E-state index contributed by atoms with van der Waals surface area (Å²) in [6.07, 6.45) is -0.0711. The summed E-state index contributed by atoms with van der Waals surface area (Å²) in [7, 11) is -3.67. The van der Waals surface area contributed by atoms with Gasteiger partial charge in [0.2, 0.25) is 0 Å². The topological polar surface area (TPSA) is 54.4 Å². The number of halogens is 2. The highest BCUT2D eigenvalue weighted by Gasteiger charge is 2.32. The van der Waals surface area contributed by atoms with Crippen molar-refractivity contribution in [2.24, 2.45) is 0 Å². The molecule has 0 heterocycles. The molecule has 0 rings (SSSR count). The predicted molar refractivity (Wildman–Crippen MR) is 36.4 cm³/mol. The lowest BCUT2D eigenvalue weighted by atomic mass is 10.3. The van der Waals surface area contributed by atoms with Crippen LogP contribution in [0.4, 0.5) is 8.78 Å². The Balaban J connectivity index is 4.13. The highest BCUT2D eigenvalue weighted by molar-refractivity contribution is 7.90. The molecule has 0 aromatic carbocycles. The smallest absolute Gasteiger partial charge is 0.264 e. The zero-order chi connectivity index (χ0) is 9.12. The van der Waals surface area contributed by atoms with Crippen LogP contribution in [0.3, 0.4) is 0 Å². The van der Waals surface area contributed by atoms with Crippen LogP contribution in [0, 0.1) is 0 Å². The Bertz CT molecular complexity index is 210. The van der Waals surface area contributed by atoms with Gasteiger partial charge in [0.05, 0.1) is 0 Å². The van der Waals surface area contributed by atoms with E-state index in [0.717, 1.165) is 6.26 Å². The van der Waals surface area contributed by atoms with Crippen LogP contribution in [-0.2, 0) is 9.84 Å². The Labute approximate surface area is 63.9 Å². The molecule has 0 atom stereocenters. The van der Waals surface area contributed by atoms with Gasteiger partial charge < -0.3 is 5.11 Å². The maximum absolute atomic E-state index is 12.4. The van der Waals surface area contributed by atoms with E-state index >= 15 is 0 Å². The van der Waals surface area contributed by atoms with E-state index in [9.17, 15) is 17.2 Å². The molecule has 6 heteroatoms. The fourth-order valence-corrected chi connectivity index (χ4v) is 1.53. The monoisotopic (exact) mass is 188 g/mol. The van der Waals surface area contributed by atoms with Gasteiger partial charge in [-0.3, -0.25) is 0 Å². The number of aliphatic hydroxyl groups excluding tert-OH is 1. The fourth-order valence-electron chi connectivity index (χ4n) is 0.619. The van der Waals surface area contributed by atoms with Crippen LogP contribution in [-0.4, -0.2) is 38.1 Å². The molecule has 0 fully saturated rings. The number of hydrogen-bond acceptors (Lipinski definition) is 3. The molecule has 3 nitrogen and oxygen atoms in total. The van der Waals surface area contributed by atoms with Crippen LogP contribution >= 0.6 is 0 Å². The number of aliphatic hydroxyl groups is 1. The van der Waals surface area contributed by atoms with Crippen molar-refractivity contribution < 1.29 is 22.3 Å². The maximum Gasteiger partial charge on any atom is 0.264 e. The van der Waals surface area contributed by atoms with Gasteiger partial charge >= 0.3 is 0 Å². The second-order valence-electron chi connectivity index (χ2n) is 2.40. The fraction of sp³-hybridized carbons (Fsp3) is 1.00. The van der Waals surface area contributed by atoms with Gasteiger partial charge in [-0.15, -0.1) is 0 Å². The molecule has 0 radical (unpaired) electrons. The van der Waals surface area contributed by atoms with Crippen LogP contribution in [0.2, 0.25) is 0 Å². The Morgan fingerprint density at radius 2 is 1.91 bits per heavy atom. The van der Waals surface area contributed by atoms with Crippen molar-refractivity contribution in [1.29, 1.82) is 0 Å². The molecule has 0 bridgehead atoms. The van der Waals surface area contributed by atoms with E-state index in [1.807, 2.05) is 0 Å². The summed E-state index contributed by atoms with van der Waals surface area (Å²) in [4.78, 5) is 0. The van der Waals surface area contributed by atoms with Gasteiger partial charge in [-0.1, -0.05) is 0 Å². The molecule has 0 unspecified atom stereocenters. The summed E-state index contributed by atoms with van der Waals surface area (Å²) < 4.78 is 45.5. The van der Waals surface area contributed by atoms with Crippen molar-refractivity contribution in [2.75, 3.05) is 18.6 Å². The molecule has 0 spiro atoms. The summed E-state index contributed by atoms with van der Waals surface area (Å²) in [6, 6.07) is 0. The molecular weight excluding hydrogens is 178 g/mol. The predicted octanol–water partition coefficient (Wildman–Crippen LogP) is 0.0487. The standard InChI is InChI=1S/C5H10F2O3S/c1-11(9,10)4-5(6,7)2-3-8/h8H,2-4H2,1H3. The molecule has 0 aliphatic carbocycles. The van der Waals surface area contributed by atoms with E-state index in [4.69, 9.17) is 5.11 Å². The van der Waals surface area contributed by atoms with Crippen LogP contribution in [0.1, 0.15) is 6.42 Å². The van der Waals surface area contributed by atoms with Gasteiger partial charge in [-0.05, 0) is 0 Å². The Morgan fingerprint density at radius 3 is 2.18 bits per heavy atom. The van der Waals surface area contributed by atoms with Crippen LogP contribution in [0.25, 0.3) is 0 Å². The molecule has 0 saturated heterocycles. The van der Waals surface area contributed by atoms with E-state index in [0.29, 0.717) is 0 Å². The molecule has 0 aromatic rings. The highest BCUT2D eigenvalue weighted by atomic mass is 32.2. The summed E-state index contributed by atoms with van der Waals surface area (Å²) >= 11 is 0. The van der Waals surface area contributed by atoms with Gasteiger partial charge in [0.1, 0.15) is 5.75 Å². The van der Waals surface area contributed by atoms with E-state index in [2.05, 4.69) is 0 Å². The van der Waals surface area contributed by atoms with Gasteiger partial charge in [-0.2, -0.15) is 0 Å². The highest BCUT2D eigenvalue weighted by Crippen LogP contribution is 2.19. The third kappa shape index (κ3) is 6.18. The number of alkyl halides is 2. The van der Waals surface area contributed by atoms with E-state index in [-0.39, 0.29) is 0 Å². The van der Waals surface area contributed by atoms with Crippen LogP contribution in [0.15, 0.2) is 0 Å². The first-order chi connectivity index (χ1) is 4.77. The first kappa shape index (κ1) is 10.8. The average molecular weight is 188 g/mol. The van der Waals surface area contributed by atoms with Crippen LogP contribution < -0.4 is 0 Å². The Morgan fingerprint density at radius 1 is 1.45 bits per heavy atom. The van der Waals surface area contributed by atoms with Crippen molar-refractivity contribution in [2.45, 2.75) is 12.3 Å². The van der Waals surface area contributed by atoms with Crippen molar-refractivity contribution >= 4 is 9.84 Å². The molecule has 0 aliphatic heterocycles. The van der Waals surface area contributed by atoms with Crippen molar-refractivity contribution in [3.05, 3.63) is 0 Å². The van der Waals surface area contributed by atoms with Crippen molar-refractivity contribution in [3.8, 4) is 0 Å². The third-order valence-corrected chi connectivity index (χ3v) is 1.90. The van der Waals surface area contributed by atoms with E-state index in [1.165, 1.54) is 0 Å². The first-order valence-electron chi connectivity index (χ1n) is 2.93. The maximum atomic E-state index is 12.4. The minimum Gasteiger partial charge on any atom is -0.396 e. The van der Waals surface area contributed by atoms with E-state index < -0.39 is 34.5 Å². The van der Waals surface area contributed by atoms with Gasteiger partial charge in [0.15, 0.2) is 9.84 Å². The molecule has 68 valence electrons. The minimum absolute atomic E-state index is 0.706. The summed E-state index contributed by atoms with van der Waals surface area (Å²) in [6.45, 7) is -0.706. The molecular formula is C5H10F2O3S. The second kappa shape index (κ2) is 3.44. The van der Waals surface area contributed by atoms with E-state index in [1.54, 1.807) is 0 Å². The first-order valence-corrected chi connectivity index (χ1v) is 4.99. The second-order valence-corrected chi connectivity index (χ2v) is 4.54. The van der Waals surface area contributed by atoms with Gasteiger partial charge in [0.25, 0.3) is 5.92 Å². The van der Waals surface area contributed by atoms with Crippen LogP contribution in [0.5, 0.6) is 0 Å². The summed E-state index contributed by atoms with van der Waals surface area (Å²) in [5.74, 6) is -4.50. The molecule has 0 amide bonds. The quantitative estimate of drug-likeness (QED) is 0.678. The third-order valence-electron chi connectivity index (χ3n) is 0.951. The summed E-state index contributed by atoms with van der Waals surface area (Å²) in [5, 5.41) is 8.12. The molecule has 0 aliphatic rings. The normalized spacial score (nSPS) is 13.5. The number of sulfone groups is 1. The molecule has 0 saturated carbocycles. The zero-order valence-corrected chi connectivity index (χ0v) is 6.87. The zero-order valence-electron chi connectivity index (χ0n) is 6.05. The largest absolute Gasteiger partial charge is 0.396 e. The lowest BCUT2D eigenvalue weighted by Gasteiger charge is -2.12.